The summed E-state index contributed by atoms with van der Waals surface area (Å²) in [6.07, 6.45) is 0. The lowest BCUT2D eigenvalue weighted by atomic mass is 9.85. The van der Waals surface area contributed by atoms with Gasteiger partial charge in [0, 0.05) is 11.3 Å². The number of hydrogen-bond acceptors (Lipinski definition) is 5. The van der Waals surface area contributed by atoms with Gasteiger partial charge in [-0.1, -0.05) is 63.2 Å². The van der Waals surface area contributed by atoms with Crippen LogP contribution in [0.4, 0.5) is 11.4 Å². The van der Waals surface area contributed by atoms with Crippen LogP contribution in [-0.2, 0) is 26.8 Å². The third-order valence-corrected chi connectivity index (χ3v) is 7.84. The molecule has 0 saturated heterocycles. The smallest absolute Gasteiger partial charge is 0.279 e. The van der Waals surface area contributed by atoms with Crippen LogP contribution in [0.5, 0.6) is 0 Å². The van der Waals surface area contributed by atoms with Gasteiger partial charge >= 0.3 is 0 Å². The Balaban J connectivity index is 1.42. The maximum Gasteiger partial charge on any atom is 0.279 e. The highest BCUT2D eigenvalue weighted by molar-refractivity contribution is 7.89. The monoisotopic (exact) mass is 571 g/mol. The van der Waals surface area contributed by atoms with Gasteiger partial charge in [-0.25, -0.2) is 13.6 Å². The zero-order valence-corrected chi connectivity index (χ0v) is 23.9. The van der Waals surface area contributed by atoms with E-state index in [1.165, 1.54) is 24.3 Å². The lowest BCUT2D eigenvalue weighted by Gasteiger charge is -2.21. The van der Waals surface area contributed by atoms with Gasteiger partial charge in [0.25, 0.3) is 5.91 Å². The molecule has 0 atom stereocenters. The van der Waals surface area contributed by atoms with Gasteiger partial charge in [0.05, 0.1) is 17.1 Å². The summed E-state index contributed by atoms with van der Waals surface area (Å²) in [5.41, 5.74) is 7.04. The van der Waals surface area contributed by atoms with Crippen LogP contribution < -0.4 is 20.8 Å². The Hall–Kier alpha value is -4.12. The standard InChI is InChI=1S/C30H29N5O3S2/c1-30(2,3)22-10-15-26-25(17-22)27(33-34-29(39)32-23-11-13-24(14-12-23)40(31,37)38)28(36)35(26)18-19-8-9-20-6-4-5-7-21(20)16-19/h4-17H,18H2,1-3H3,(H2,31,37,38)(H2,32,34,39). The van der Waals surface area contributed by atoms with Crippen molar-refractivity contribution >= 4 is 61.1 Å². The van der Waals surface area contributed by atoms with E-state index in [2.05, 4.69) is 60.9 Å². The van der Waals surface area contributed by atoms with Gasteiger partial charge in [0.15, 0.2) is 10.8 Å². The highest BCUT2D eigenvalue weighted by Crippen LogP contribution is 2.35. The fraction of sp³-hybridized carbons (Fsp3) is 0.167. The van der Waals surface area contributed by atoms with E-state index in [1.807, 2.05) is 36.4 Å². The number of nitrogens with zero attached hydrogens (tertiary/aromatic N) is 2. The van der Waals surface area contributed by atoms with Crippen molar-refractivity contribution in [2.24, 2.45) is 10.2 Å². The zero-order valence-electron chi connectivity index (χ0n) is 22.3. The maximum absolute atomic E-state index is 13.7. The summed E-state index contributed by atoms with van der Waals surface area (Å²) in [4.78, 5) is 15.4. The molecule has 8 nitrogen and oxygen atoms in total. The van der Waals surface area contributed by atoms with Crippen LogP contribution in [0, 0.1) is 0 Å². The first-order valence-corrected chi connectivity index (χ1v) is 14.6. The number of primary sulfonamides is 1. The van der Waals surface area contributed by atoms with Gasteiger partial charge in [0.2, 0.25) is 10.0 Å². The first-order valence-electron chi connectivity index (χ1n) is 12.6. The normalized spacial score (nSPS) is 14.4. The lowest BCUT2D eigenvalue weighted by molar-refractivity contribution is -0.112. The Morgan fingerprint density at radius 3 is 2.33 bits per heavy atom. The minimum Gasteiger partial charge on any atom is -0.331 e. The molecule has 204 valence electrons. The Morgan fingerprint density at radius 1 is 0.950 bits per heavy atom. The fourth-order valence-electron chi connectivity index (χ4n) is 4.56. The number of carbonyl (C=O) groups excluding carboxylic acids is 1. The predicted octanol–water partition coefficient (Wildman–Crippen LogP) is 5.02. The molecule has 1 aliphatic heterocycles. The molecule has 4 N–H and O–H groups in total. The average Bonchev–Trinajstić information content (AvgIpc) is 3.16. The average molecular weight is 572 g/mol. The molecule has 5 rings (SSSR count). The van der Waals surface area contributed by atoms with Crippen molar-refractivity contribution in [2.45, 2.75) is 37.6 Å². The van der Waals surface area contributed by atoms with Gasteiger partial charge in [-0.3, -0.25) is 10.2 Å². The summed E-state index contributed by atoms with van der Waals surface area (Å²) >= 11 is 5.38. The molecule has 40 heavy (non-hydrogen) atoms. The topological polar surface area (TPSA) is 117 Å². The molecule has 1 amide bonds. The van der Waals surface area contributed by atoms with Crippen molar-refractivity contribution < 1.29 is 13.2 Å². The van der Waals surface area contributed by atoms with E-state index in [0.717, 1.165) is 33.2 Å². The van der Waals surface area contributed by atoms with E-state index >= 15 is 0 Å². The van der Waals surface area contributed by atoms with Gasteiger partial charge in [0.1, 0.15) is 0 Å². The quantitative estimate of drug-likeness (QED) is 0.229. The second kappa shape index (κ2) is 10.5. The number of nitrogens with one attached hydrogen (secondary N) is 2. The molecule has 0 radical (unpaired) electrons. The van der Waals surface area contributed by atoms with Crippen LogP contribution in [0.1, 0.15) is 37.5 Å². The minimum atomic E-state index is -3.80. The van der Waals surface area contributed by atoms with Crippen molar-refractivity contribution in [3.05, 3.63) is 102 Å². The number of hydrogen-bond donors (Lipinski definition) is 3. The third-order valence-electron chi connectivity index (χ3n) is 6.72. The SMILES string of the molecule is CC(C)(C)c1ccc2c(c1)C(=NNC(=S)Nc1ccc(S(N)(=O)=O)cc1)C(=O)N2Cc1ccc2ccccc2c1. The molecule has 0 fully saturated rings. The van der Waals surface area contributed by atoms with Crippen molar-refractivity contribution in [1.29, 1.82) is 0 Å². The number of benzene rings is 4. The van der Waals surface area contributed by atoms with E-state index < -0.39 is 10.0 Å². The number of anilines is 2. The molecular formula is C30H29N5O3S2. The van der Waals surface area contributed by atoms with Crippen LogP contribution >= 0.6 is 12.2 Å². The highest BCUT2D eigenvalue weighted by Gasteiger charge is 2.35. The molecule has 4 aromatic rings. The van der Waals surface area contributed by atoms with Crippen LogP contribution in [0.25, 0.3) is 10.8 Å². The number of rotatable bonds is 5. The number of carbonyl (C=O) groups is 1. The highest BCUT2D eigenvalue weighted by atomic mass is 32.2. The lowest BCUT2D eigenvalue weighted by Crippen LogP contribution is -2.32. The Bertz CT molecular complexity index is 1780. The number of hydrazone groups is 1. The molecule has 10 heteroatoms. The molecule has 4 aromatic carbocycles. The summed E-state index contributed by atoms with van der Waals surface area (Å²) in [6, 6.07) is 26.2. The van der Waals surface area contributed by atoms with E-state index in [4.69, 9.17) is 17.4 Å². The van der Waals surface area contributed by atoms with Gasteiger partial charge < -0.3 is 10.2 Å². The van der Waals surface area contributed by atoms with Crippen LogP contribution in [0.15, 0.2) is 94.9 Å². The zero-order chi connectivity index (χ0) is 28.7. The van der Waals surface area contributed by atoms with Gasteiger partial charge in [-0.15, -0.1) is 0 Å². The molecule has 0 aliphatic carbocycles. The van der Waals surface area contributed by atoms with E-state index in [0.29, 0.717) is 12.2 Å². The second-order valence-electron chi connectivity index (χ2n) is 10.7. The van der Waals surface area contributed by atoms with Crippen LogP contribution in [-0.4, -0.2) is 25.1 Å². The molecule has 0 spiro atoms. The Kier molecular flexibility index (Phi) is 7.17. The van der Waals surface area contributed by atoms with Crippen molar-refractivity contribution in [2.75, 3.05) is 10.2 Å². The summed E-state index contributed by atoms with van der Waals surface area (Å²) in [6.45, 7) is 6.75. The molecule has 1 heterocycles. The second-order valence-corrected chi connectivity index (χ2v) is 12.6. The third kappa shape index (κ3) is 5.74. The maximum atomic E-state index is 13.7. The van der Waals surface area contributed by atoms with Crippen molar-refractivity contribution in [3.8, 4) is 0 Å². The van der Waals surface area contributed by atoms with E-state index in [-0.39, 0.29) is 27.0 Å². The summed E-state index contributed by atoms with van der Waals surface area (Å²) in [5.74, 6) is -0.234. The number of sulfonamides is 1. The number of thiocarbonyl (C=S) groups is 1. The molecule has 0 saturated carbocycles. The van der Waals surface area contributed by atoms with E-state index in [1.54, 1.807) is 4.90 Å². The molecular weight excluding hydrogens is 542 g/mol. The first-order chi connectivity index (χ1) is 18.9. The Morgan fingerprint density at radius 2 is 1.65 bits per heavy atom. The first kappa shape index (κ1) is 27.4. The van der Waals surface area contributed by atoms with Crippen molar-refractivity contribution in [1.82, 2.24) is 5.43 Å². The van der Waals surface area contributed by atoms with Gasteiger partial charge in [-0.2, -0.15) is 5.10 Å². The number of nitrogens with two attached hydrogens (primary N) is 1. The van der Waals surface area contributed by atoms with Gasteiger partial charge in [-0.05, 0) is 82.0 Å². The fourth-order valence-corrected chi connectivity index (χ4v) is 5.24. The van der Waals surface area contributed by atoms with Crippen LogP contribution in [0.2, 0.25) is 0 Å². The molecule has 0 bridgehead atoms. The summed E-state index contributed by atoms with van der Waals surface area (Å²) < 4.78 is 23.0. The predicted molar refractivity (Wildman–Crippen MR) is 164 cm³/mol. The number of fused-ring (bicyclic) bond motifs is 2. The minimum absolute atomic E-state index is 0.00788. The Labute approximate surface area is 238 Å². The van der Waals surface area contributed by atoms with E-state index in [9.17, 15) is 13.2 Å². The summed E-state index contributed by atoms with van der Waals surface area (Å²) in [5, 5.41) is 14.9. The summed E-state index contributed by atoms with van der Waals surface area (Å²) in [7, 11) is -3.80. The molecule has 0 aromatic heterocycles. The van der Waals surface area contributed by atoms with Crippen molar-refractivity contribution in [3.63, 3.8) is 0 Å². The molecule has 1 aliphatic rings. The molecule has 0 unspecified atom stereocenters. The van der Waals surface area contributed by atoms with Crippen LogP contribution in [0.3, 0.4) is 0 Å². The largest absolute Gasteiger partial charge is 0.331 e. The number of amides is 1.